The minimum absolute atomic E-state index is 0.0259. The molecule has 1 saturated heterocycles. The number of halogens is 1. The van der Waals surface area contributed by atoms with Gasteiger partial charge in [-0.2, -0.15) is 0 Å². The third-order valence-corrected chi connectivity index (χ3v) is 3.16. The lowest BCUT2D eigenvalue weighted by atomic mass is 10.1. The van der Waals surface area contributed by atoms with Gasteiger partial charge in [-0.3, -0.25) is 4.79 Å². The lowest BCUT2D eigenvalue weighted by Gasteiger charge is -2.26. The summed E-state index contributed by atoms with van der Waals surface area (Å²) in [6.07, 6.45) is -0.637. The zero-order valence-electron chi connectivity index (χ0n) is 9.93. The number of carbonyl (C=O) groups is 1. The SMILES string of the molecule is CN(C(=O)c1ccc(F)cc1O)[C@@H]1CNC[C@H]1O. The second-order valence-electron chi connectivity index (χ2n) is 4.37. The molecule has 5 nitrogen and oxygen atoms in total. The molecule has 0 bridgehead atoms. The third-order valence-electron chi connectivity index (χ3n) is 3.16. The van der Waals surface area contributed by atoms with Gasteiger partial charge in [-0.25, -0.2) is 4.39 Å². The van der Waals surface area contributed by atoms with Crippen molar-refractivity contribution in [2.24, 2.45) is 0 Å². The Kier molecular flexibility index (Phi) is 3.49. The van der Waals surface area contributed by atoms with E-state index in [1.54, 1.807) is 7.05 Å². The average Bonchev–Trinajstić information content (AvgIpc) is 2.74. The molecule has 2 rings (SSSR count). The molecule has 1 heterocycles. The van der Waals surface area contributed by atoms with Gasteiger partial charge in [0.15, 0.2) is 0 Å². The summed E-state index contributed by atoms with van der Waals surface area (Å²) in [4.78, 5) is 13.5. The number of carbonyl (C=O) groups excluding carboxylic acids is 1. The predicted molar refractivity (Wildman–Crippen MR) is 62.8 cm³/mol. The highest BCUT2D eigenvalue weighted by molar-refractivity contribution is 5.96. The van der Waals surface area contributed by atoms with Crippen LogP contribution in [0.15, 0.2) is 18.2 Å². The van der Waals surface area contributed by atoms with Crippen LogP contribution in [0.5, 0.6) is 5.75 Å². The van der Waals surface area contributed by atoms with Crippen LogP contribution in [0.2, 0.25) is 0 Å². The zero-order valence-corrected chi connectivity index (χ0v) is 9.93. The van der Waals surface area contributed by atoms with Gasteiger partial charge in [0.25, 0.3) is 5.91 Å². The number of phenolic OH excluding ortho intramolecular Hbond substituents is 1. The van der Waals surface area contributed by atoms with Crippen molar-refractivity contribution in [1.29, 1.82) is 0 Å². The van der Waals surface area contributed by atoms with Crippen molar-refractivity contribution in [3.05, 3.63) is 29.6 Å². The van der Waals surface area contributed by atoms with E-state index in [1.165, 1.54) is 11.0 Å². The van der Waals surface area contributed by atoms with Gasteiger partial charge >= 0.3 is 0 Å². The molecule has 1 fully saturated rings. The average molecular weight is 254 g/mol. The Balaban J connectivity index is 2.20. The largest absolute Gasteiger partial charge is 0.507 e. The third kappa shape index (κ3) is 2.30. The molecule has 98 valence electrons. The van der Waals surface area contributed by atoms with Crippen molar-refractivity contribution in [3.63, 3.8) is 0 Å². The molecule has 18 heavy (non-hydrogen) atoms. The van der Waals surface area contributed by atoms with E-state index in [-0.39, 0.29) is 11.6 Å². The van der Waals surface area contributed by atoms with E-state index in [2.05, 4.69) is 5.32 Å². The summed E-state index contributed by atoms with van der Waals surface area (Å²) in [7, 11) is 1.55. The molecule has 1 aromatic carbocycles. The molecular formula is C12H15FN2O3. The number of aromatic hydroxyl groups is 1. The van der Waals surface area contributed by atoms with Gasteiger partial charge < -0.3 is 20.4 Å². The molecule has 0 spiro atoms. The minimum atomic E-state index is -0.637. The van der Waals surface area contributed by atoms with E-state index in [1.807, 2.05) is 0 Å². The van der Waals surface area contributed by atoms with Crippen molar-refractivity contribution in [2.75, 3.05) is 20.1 Å². The van der Waals surface area contributed by atoms with Crippen molar-refractivity contribution in [2.45, 2.75) is 12.1 Å². The summed E-state index contributed by atoms with van der Waals surface area (Å²) < 4.78 is 12.8. The fourth-order valence-corrected chi connectivity index (χ4v) is 2.07. The molecule has 0 radical (unpaired) electrons. The van der Waals surface area contributed by atoms with Gasteiger partial charge in [-0.1, -0.05) is 0 Å². The van der Waals surface area contributed by atoms with E-state index >= 15 is 0 Å². The van der Waals surface area contributed by atoms with E-state index in [4.69, 9.17) is 0 Å². The molecule has 1 amide bonds. The summed E-state index contributed by atoms with van der Waals surface area (Å²) in [5, 5.41) is 22.2. The van der Waals surface area contributed by atoms with E-state index in [9.17, 15) is 19.4 Å². The second-order valence-corrected chi connectivity index (χ2v) is 4.37. The number of phenols is 1. The predicted octanol–water partition coefficient (Wildman–Crippen LogP) is -0.0640. The fraction of sp³-hybridized carbons (Fsp3) is 0.417. The van der Waals surface area contributed by atoms with Crippen LogP contribution in [-0.4, -0.2) is 53.3 Å². The monoisotopic (exact) mass is 254 g/mol. The molecule has 0 unspecified atom stereocenters. The van der Waals surface area contributed by atoms with Crippen molar-refractivity contribution in [3.8, 4) is 5.75 Å². The molecular weight excluding hydrogens is 239 g/mol. The molecule has 0 aliphatic carbocycles. The summed E-state index contributed by atoms with van der Waals surface area (Å²) in [5.41, 5.74) is 0.0259. The maximum Gasteiger partial charge on any atom is 0.257 e. The number of hydrogen-bond donors (Lipinski definition) is 3. The van der Waals surface area contributed by atoms with Crippen LogP contribution < -0.4 is 5.32 Å². The van der Waals surface area contributed by atoms with Crippen LogP contribution in [0.3, 0.4) is 0 Å². The molecule has 3 N–H and O–H groups in total. The summed E-state index contributed by atoms with van der Waals surface area (Å²) >= 11 is 0. The minimum Gasteiger partial charge on any atom is -0.507 e. The molecule has 0 saturated carbocycles. The molecule has 1 aliphatic rings. The molecule has 1 aliphatic heterocycles. The number of aliphatic hydroxyl groups is 1. The van der Waals surface area contributed by atoms with E-state index in [0.717, 1.165) is 12.1 Å². The Morgan fingerprint density at radius 2 is 2.22 bits per heavy atom. The highest BCUT2D eigenvalue weighted by Gasteiger charge is 2.32. The van der Waals surface area contributed by atoms with Crippen molar-refractivity contribution < 1.29 is 19.4 Å². The fourth-order valence-electron chi connectivity index (χ4n) is 2.07. The Hall–Kier alpha value is -1.66. The van der Waals surface area contributed by atoms with E-state index < -0.39 is 23.6 Å². The number of amides is 1. The van der Waals surface area contributed by atoms with Crippen LogP contribution in [0.1, 0.15) is 10.4 Å². The Labute approximate surface area is 104 Å². The quantitative estimate of drug-likeness (QED) is 0.691. The first kappa shape index (κ1) is 12.8. The van der Waals surface area contributed by atoms with Crippen molar-refractivity contribution in [1.82, 2.24) is 10.2 Å². The highest BCUT2D eigenvalue weighted by atomic mass is 19.1. The zero-order chi connectivity index (χ0) is 13.3. The maximum absolute atomic E-state index is 12.8. The number of nitrogens with zero attached hydrogens (tertiary/aromatic N) is 1. The van der Waals surface area contributed by atoms with Gasteiger partial charge in [0.2, 0.25) is 0 Å². The van der Waals surface area contributed by atoms with Crippen LogP contribution in [-0.2, 0) is 0 Å². The summed E-state index contributed by atoms with van der Waals surface area (Å²) in [6.45, 7) is 0.920. The second kappa shape index (κ2) is 4.91. The number of aliphatic hydroxyl groups excluding tert-OH is 1. The smallest absolute Gasteiger partial charge is 0.257 e. The number of likely N-dealkylation sites (N-methyl/N-ethyl adjacent to an activating group) is 1. The Bertz CT molecular complexity index is 467. The maximum atomic E-state index is 12.8. The van der Waals surface area contributed by atoms with Crippen molar-refractivity contribution >= 4 is 5.91 Å². The van der Waals surface area contributed by atoms with Crippen LogP contribution in [0, 0.1) is 5.82 Å². The van der Waals surface area contributed by atoms with Gasteiger partial charge in [-0.15, -0.1) is 0 Å². The molecule has 6 heteroatoms. The lowest BCUT2D eigenvalue weighted by molar-refractivity contribution is 0.0578. The van der Waals surface area contributed by atoms with E-state index in [0.29, 0.717) is 13.1 Å². The molecule has 1 aromatic rings. The first-order valence-electron chi connectivity index (χ1n) is 5.65. The molecule has 2 atom stereocenters. The number of rotatable bonds is 2. The first-order valence-corrected chi connectivity index (χ1v) is 5.65. The standard InChI is InChI=1S/C12H15FN2O3/c1-15(9-5-14-6-11(9)17)12(18)8-3-2-7(13)4-10(8)16/h2-4,9,11,14,16-17H,5-6H2,1H3/t9-,11-/m1/s1. The number of nitrogens with one attached hydrogen (secondary N) is 1. The van der Waals surface area contributed by atoms with Gasteiger partial charge in [0, 0.05) is 26.2 Å². The number of hydrogen-bond acceptors (Lipinski definition) is 4. The van der Waals surface area contributed by atoms with Crippen LogP contribution in [0.25, 0.3) is 0 Å². The topological polar surface area (TPSA) is 72.8 Å². The molecule has 0 aromatic heterocycles. The summed E-state index contributed by atoms with van der Waals surface area (Å²) in [5.74, 6) is -1.44. The summed E-state index contributed by atoms with van der Waals surface area (Å²) in [6, 6.07) is 2.90. The van der Waals surface area contributed by atoms with Gasteiger partial charge in [0.1, 0.15) is 11.6 Å². The van der Waals surface area contributed by atoms with Gasteiger partial charge in [0.05, 0.1) is 17.7 Å². The lowest BCUT2D eigenvalue weighted by Crippen LogP contribution is -2.44. The Morgan fingerprint density at radius 3 is 2.78 bits per heavy atom. The van der Waals surface area contributed by atoms with Crippen LogP contribution >= 0.6 is 0 Å². The number of β-amino-alcohol motifs (C(OH)–C–C–N with tert-alkyl or cyclic N) is 1. The van der Waals surface area contributed by atoms with Crippen LogP contribution in [0.4, 0.5) is 4.39 Å². The Morgan fingerprint density at radius 1 is 1.50 bits per heavy atom. The number of benzene rings is 1. The normalized spacial score (nSPS) is 23.1. The first-order chi connectivity index (χ1) is 8.50. The van der Waals surface area contributed by atoms with Gasteiger partial charge in [-0.05, 0) is 12.1 Å². The highest BCUT2D eigenvalue weighted by Crippen LogP contribution is 2.21.